The molecule has 0 saturated carbocycles. The molecular weight excluding hydrogens is 368 g/mol. The van der Waals surface area contributed by atoms with Gasteiger partial charge in [0.15, 0.2) is 5.78 Å². The molecule has 0 fully saturated rings. The van der Waals surface area contributed by atoms with Gasteiger partial charge in [-0.25, -0.2) is 0 Å². The van der Waals surface area contributed by atoms with Crippen molar-refractivity contribution in [3.05, 3.63) is 71.8 Å². The molecule has 2 aromatic carbocycles. The van der Waals surface area contributed by atoms with Gasteiger partial charge in [-0.05, 0) is 5.56 Å². The van der Waals surface area contributed by atoms with Crippen LogP contribution in [-0.2, 0) is 0 Å². The van der Waals surface area contributed by atoms with E-state index in [1.54, 1.807) is 0 Å². The van der Waals surface area contributed by atoms with Crippen molar-refractivity contribution in [1.82, 2.24) is 0 Å². The van der Waals surface area contributed by atoms with Crippen LogP contribution in [0.4, 0.5) is 0 Å². The van der Waals surface area contributed by atoms with Crippen molar-refractivity contribution in [2.75, 3.05) is 5.33 Å². The van der Waals surface area contributed by atoms with Crippen LogP contribution in [0.25, 0.3) is 0 Å². The van der Waals surface area contributed by atoms with Crippen LogP contribution < -0.4 is 0 Å². The third-order valence-electron chi connectivity index (χ3n) is 3.03. The zero-order chi connectivity index (χ0) is 13.7. The number of alkyl halides is 2. The van der Waals surface area contributed by atoms with Crippen LogP contribution in [0.5, 0.6) is 0 Å². The van der Waals surface area contributed by atoms with Gasteiger partial charge in [0.1, 0.15) is 0 Å². The van der Waals surface area contributed by atoms with E-state index in [-0.39, 0.29) is 16.5 Å². The largest absolute Gasteiger partial charge is 0.294 e. The fourth-order valence-corrected chi connectivity index (χ4v) is 3.87. The minimum absolute atomic E-state index is 0.0146. The molecule has 2 rings (SSSR count). The molecule has 0 bridgehead atoms. The number of ketones is 1. The lowest BCUT2D eigenvalue weighted by Gasteiger charge is -2.19. The van der Waals surface area contributed by atoms with Crippen LogP contribution in [0.15, 0.2) is 60.7 Å². The monoisotopic (exact) mass is 380 g/mol. The summed E-state index contributed by atoms with van der Waals surface area (Å²) in [5.41, 5.74) is 1.88. The van der Waals surface area contributed by atoms with Gasteiger partial charge in [-0.2, -0.15) is 0 Å². The number of hydrogen-bond donors (Lipinski definition) is 0. The second-order valence-corrected chi connectivity index (χ2v) is 5.94. The predicted molar refractivity (Wildman–Crippen MR) is 86.2 cm³/mol. The Morgan fingerprint density at radius 2 is 1.47 bits per heavy atom. The maximum absolute atomic E-state index is 12.5. The summed E-state index contributed by atoms with van der Waals surface area (Å²) in [5, 5.41) is 0.630. The molecule has 0 aliphatic carbocycles. The standard InChI is InChI=1S/C16H14Br2O/c17-11-14(15(18)12-7-3-1-4-8-12)16(19)13-9-5-2-6-10-13/h1-10,14-15H,11H2. The van der Waals surface area contributed by atoms with E-state index >= 15 is 0 Å². The van der Waals surface area contributed by atoms with Gasteiger partial charge in [-0.3, -0.25) is 4.79 Å². The Balaban J connectivity index is 2.23. The topological polar surface area (TPSA) is 17.1 Å². The second kappa shape index (κ2) is 7.01. The van der Waals surface area contributed by atoms with Crippen LogP contribution in [0.1, 0.15) is 20.7 Å². The van der Waals surface area contributed by atoms with Gasteiger partial charge in [0.2, 0.25) is 0 Å². The summed E-state index contributed by atoms with van der Waals surface area (Å²) in [5.74, 6) is 0.0352. The average Bonchev–Trinajstić information content (AvgIpc) is 2.49. The number of Topliss-reactive ketones (excluding diaryl/α,β-unsaturated/α-hetero) is 1. The molecule has 3 heteroatoms. The van der Waals surface area contributed by atoms with E-state index in [9.17, 15) is 4.79 Å². The van der Waals surface area contributed by atoms with E-state index in [1.165, 1.54) is 0 Å². The fourth-order valence-electron chi connectivity index (χ4n) is 1.97. The number of benzene rings is 2. The molecule has 0 amide bonds. The molecule has 0 saturated heterocycles. The molecule has 0 aliphatic rings. The summed E-state index contributed by atoms with van der Waals surface area (Å²) in [7, 11) is 0. The second-order valence-electron chi connectivity index (χ2n) is 4.30. The average molecular weight is 382 g/mol. The van der Waals surface area contributed by atoms with Gasteiger partial charge < -0.3 is 0 Å². The molecule has 1 nitrogen and oxygen atoms in total. The van der Waals surface area contributed by atoms with Gasteiger partial charge in [-0.15, -0.1) is 0 Å². The van der Waals surface area contributed by atoms with Gasteiger partial charge in [0, 0.05) is 16.8 Å². The van der Waals surface area contributed by atoms with Crippen LogP contribution >= 0.6 is 31.9 Å². The number of rotatable bonds is 5. The molecule has 0 spiro atoms. The fraction of sp³-hybridized carbons (Fsp3) is 0.188. The molecule has 2 atom stereocenters. The molecule has 2 aromatic rings. The minimum atomic E-state index is -0.121. The summed E-state index contributed by atoms with van der Waals surface area (Å²) in [6, 6.07) is 19.5. The summed E-state index contributed by atoms with van der Waals surface area (Å²) >= 11 is 7.12. The maximum atomic E-state index is 12.5. The van der Waals surface area contributed by atoms with Crippen molar-refractivity contribution in [2.24, 2.45) is 5.92 Å². The third kappa shape index (κ3) is 3.54. The molecule has 0 aromatic heterocycles. The number of halogens is 2. The van der Waals surface area contributed by atoms with Crippen LogP contribution in [-0.4, -0.2) is 11.1 Å². The molecule has 0 N–H and O–H groups in total. The Morgan fingerprint density at radius 1 is 0.947 bits per heavy atom. The first kappa shape index (κ1) is 14.5. The van der Waals surface area contributed by atoms with Gasteiger partial charge >= 0.3 is 0 Å². The van der Waals surface area contributed by atoms with Crippen LogP contribution in [0.3, 0.4) is 0 Å². The summed E-state index contributed by atoms with van der Waals surface area (Å²) in [4.78, 5) is 12.5. The first-order chi connectivity index (χ1) is 9.24. The van der Waals surface area contributed by atoms with Crippen LogP contribution in [0.2, 0.25) is 0 Å². The lowest BCUT2D eigenvalue weighted by Crippen LogP contribution is -2.21. The van der Waals surface area contributed by atoms with Crippen molar-refractivity contribution in [1.29, 1.82) is 0 Å². The first-order valence-corrected chi connectivity index (χ1v) is 8.12. The Labute approximate surface area is 130 Å². The van der Waals surface area contributed by atoms with E-state index in [0.717, 1.165) is 11.1 Å². The van der Waals surface area contributed by atoms with Crippen molar-refractivity contribution in [3.63, 3.8) is 0 Å². The molecule has 98 valence electrons. The normalized spacial score (nSPS) is 13.8. The zero-order valence-corrected chi connectivity index (χ0v) is 13.5. The Morgan fingerprint density at radius 3 is 2.00 bits per heavy atom. The van der Waals surface area contributed by atoms with Gasteiger partial charge in [0.05, 0.1) is 4.83 Å². The molecule has 2 unspecified atom stereocenters. The summed E-state index contributed by atoms with van der Waals surface area (Å²) < 4.78 is 0. The Kier molecular flexibility index (Phi) is 5.34. The minimum Gasteiger partial charge on any atom is -0.294 e. The highest BCUT2D eigenvalue weighted by molar-refractivity contribution is 9.09. The van der Waals surface area contributed by atoms with Crippen molar-refractivity contribution < 1.29 is 4.79 Å². The highest BCUT2D eigenvalue weighted by Gasteiger charge is 2.27. The molecule has 0 heterocycles. The quantitative estimate of drug-likeness (QED) is 0.525. The van der Waals surface area contributed by atoms with E-state index < -0.39 is 0 Å². The SMILES string of the molecule is O=C(c1ccccc1)C(CBr)C(Br)c1ccccc1. The van der Waals surface area contributed by atoms with E-state index in [0.29, 0.717) is 5.33 Å². The van der Waals surface area contributed by atoms with Crippen molar-refractivity contribution in [3.8, 4) is 0 Å². The third-order valence-corrected chi connectivity index (χ3v) is 4.90. The van der Waals surface area contributed by atoms with E-state index in [4.69, 9.17) is 0 Å². The van der Waals surface area contributed by atoms with Crippen LogP contribution in [0, 0.1) is 5.92 Å². The highest BCUT2D eigenvalue weighted by Crippen LogP contribution is 2.34. The predicted octanol–water partition coefficient (Wildman–Crippen LogP) is 5.02. The first-order valence-electron chi connectivity index (χ1n) is 6.08. The lowest BCUT2D eigenvalue weighted by atomic mass is 9.93. The molecule has 0 radical (unpaired) electrons. The lowest BCUT2D eigenvalue weighted by molar-refractivity contribution is 0.0932. The highest BCUT2D eigenvalue weighted by atomic mass is 79.9. The van der Waals surface area contributed by atoms with E-state index in [2.05, 4.69) is 31.9 Å². The molecule has 0 aliphatic heterocycles. The number of hydrogen-bond acceptors (Lipinski definition) is 1. The van der Waals surface area contributed by atoms with Gasteiger partial charge in [-0.1, -0.05) is 92.5 Å². The molecular formula is C16H14Br2O. The molecule has 19 heavy (non-hydrogen) atoms. The summed E-state index contributed by atoms with van der Waals surface area (Å²) in [6.07, 6.45) is 0. The van der Waals surface area contributed by atoms with Crippen molar-refractivity contribution >= 4 is 37.6 Å². The smallest absolute Gasteiger partial charge is 0.168 e. The zero-order valence-electron chi connectivity index (χ0n) is 10.3. The Bertz CT molecular complexity index is 525. The van der Waals surface area contributed by atoms with Crippen molar-refractivity contribution in [2.45, 2.75) is 4.83 Å². The number of carbonyl (C=O) groups excluding carboxylic acids is 1. The van der Waals surface area contributed by atoms with E-state index in [1.807, 2.05) is 60.7 Å². The number of carbonyl (C=O) groups is 1. The Hall–Kier alpha value is -0.930. The maximum Gasteiger partial charge on any atom is 0.168 e. The van der Waals surface area contributed by atoms with Gasteiger partial charge in [0.25, 0.3) is 0 Å². The summed E-state index contributed by atoms with van der Waals surface area (Å²) in [6.45, 7) is 0.